The van der Waals surface area contributed by atoms with E-state index in [0.717, 1.165) is 0 Å². The number of methoxy groups -OCH3 is 5. The third-order valence-corrected chi connectivity index (χ3v) is 4.77. The lowest BCUT2D eigenvalue weighted by molar-refractivity contribution is -0.328. The van der Waals surface area contributed by atoms with Crippen molar-refractivity contribution in [2.45, 2.75) is 55.3 Å². The molecule has 10 heteroatoms. The third kappa shape index (κ3) is 4.36. The van der Waals surface area contributed by atoms with Crippen molar-refractivity contribution in [2.75, 3.05) is 48.8 Å². The predicted molar refractivity (Wildman–Crippen MR) is 86.6 cm³/mol. The Morgan fingerprint density at radius 3 is 1.85 bits per heavy atom. The largest absolute Gasteiger partial charge is 0.394 e. The van der Waals surface area contributed by atoms with Crippen molar-refractivity contribution < 1.29 is 48.1 Å². The quantitative estimate of drug-likeness (QED) is 0.489. The number of aliphatic hydroxyl groups is 2. The molecule has 2 aliphatic heterocycles. The highest BCUT2D eigenvalue weighted by Gasteiger charge is 2.52. The molecule has 2 aliphatic rings. The van der Waals surface area contributed by atoms with Crippen LogP contribution in [0.4, 0.5) is 0 Å². The fraction of sp³-hybridized carbons (Fsp3) is 1.00. The molecule has 9 atom stereocenters. The highest BCUT2D eigenvalue weighted by atomic mass is 16.8. The molecule has 154 valence electrons. The first-order valence-electron chi connectivity index (χ1n) is 8.41. The smallest absolute Gasteiger partial charge is 0.187 e. The van der Waals surface area contributed by atoms with Crippen LogP contribution in [0.5, 0.6) is 0 Å². The van der Waals surface area contributed by atoms with Crippen LogP contribution < -0.4 is 0 Å². The number of aliphatic hydroxyl groups excluding tert-OH is 2. The number of hydrogen-bond donors (Lipinski definition) is 2. The Balaban J connectivity index is 2.19. The molecule has 0 radical (unpaired) electrons. The molecule has 26 heavy (non-hydrogen) atoms. The van der Waals surface area contributed by atoms with Gasteiger partial charge >= 0.3 is 0 Å². The van der Waals surface area contributed by atoms with Gasteiger partial charge in [-0.05, 0) is 0 Å². The molecule has 2 N–H and O–H groups in total. The SMILES string of the molecule is COC[C@H]1O[C@H](O[C@H]2[C@H](OC)[C@@H](OC)[C@@H](O)O[C@@H]2CO)[C@@H](OC)[C@@H]1OC. The molecule has 0 aromatic carbocycles. The number of rotatable bonds is 9. The summed E-state index contributed by atoms with van der Waals surface area (Å²) in [4.78, 5) is 0. The van der Waals surface area contributed by atoms with Crippen LogP contribution in [0.1, 0.15) is 0 Å². The van der Waals surface area contributed by atoms with Crippen molar-refractivity contribution in [1.29, 1.82) is 0 Å². The minimum atomic E-state index is -1.25. The van der Waals surface area contributed by atoms with Gasteiger partial charge in [0, 0.05) is 35.5 Å². The van der Waals surface area contributed by atoms with E-state index in [4.69, 9.17) is 37.9 Å². The first-order valence-corrected chi connectivity index (χ1v) is 8.41. The fourth-order valence-electron chi connectivity index (χ4n) is 3.51. The molecule has 2 saturated heterocycles. The Labute approximate surface area is 153 Å². The van der Waals surface area contributed by atoms with Crippen molar-refractivity contribution >= 4 is 0 Å². The average Bonchev–Trinajstić information content (AvgIpc) is 2.98. The normalized spacial score (nSPS) is 43.7. The predicted octanol–water partition coefficient (Wildman–Crippen LogP) is -1.49. The van der Waals surface area contributed by atoms with Gasteiger partial charge in [0.1, 0.15) is 42.7 Å². The van der Waals surface area contributed by atoms with Crippen LogP contribution in [0.2, 0.25) is 0 Å². The van der Waals surface area contributed by atoms with Gasteiger partial charge < -0.3 is 48.1 Å². The number of hydrogen-bond acceptors (Lipinski definition) is 10. The maximum atomic E-state index is 10.1. The molecule has 2 heterocycles. The van der Waals surface area contributed by atoms with Crippen LogP contribution in [0.15, 0.2) is 0 Å². The van der Waals surface area contributed by atoms with Crippen LogP contribution in [0.3, 0.4) is 0 Å². The van der Waals surface area contributed by atoms with Crippen LogP contribution in [-0.4, -0.2) is 114 Å². The maximum Gasteiger partial charge on any atom is 0.187 e. The van der Waals surface area contributed by atoms with Crippen LogP contribution >= 0.6 is 0 Å². The van der Waals surface area contributed by atoms with E-state index in [1.807, 2.05) is 0 Å². The van der Waals surface area contributed by atoms with E-state index in [1.165, 1.54) is 21.3 Å². The highest BCUT2D eigenvalue weighted by molar-refractivity contribution is 4.95. The molecule has 10 nitrogen and oxygen atoms in total. The van der Waals surface area contributed by atoms with E-state index >= 15 is 0 Å². The molecule has 0 aromatic heterocycles. The summed E-state index contributed by atoms with van der Waals surface area (Å²) in [6, 6.07) is 0. The lowest BCUT2D eigenvalue weighted by atomic mass is 9.98. The molecule has 0 spiro atoms. The Kier molecular flexibility index (Phi) is 8.61. The van der Waals surface area contributed by atoms with E-state index in [-0.39, 0.29) is 12.7 Å². The van der Waals surface area contributed by atoms with Gasteiger partial charge in [0.05, 0.1) is 13.2 Å². The third-order valence-electron chi connectivity index (χ3n) is 4.77. The van der Waals surface area contributed by atoms with E-state index in [1.54, 1.807) is 14.2 Å². The molecular weight excluding hydrogens is 352 g/mol. The van der Waals surface area contributed by atoms with Gasteiger partial charge in [-0.25, -0.2) is 0 Å². The second-order valence-corrected chi connectivity index (χ2v) is 6.15. The zero-order chi connectivity index (χ0) is 19.3. The summed E-state index contributed by atoms with van der Waals surface area (Å²) in [5, 5.41) is 19.7. The second kappa shape index (κ2) is 10.2. The first-order chi connectivity index (χ1) is 12.6. The molecule has 0 aliphatic carbocycles. The summed E-state index contributed by atoms with van der Waals surface area (Å²) in [5.41, 5.74) is 0. The van der Waals surface area contributed by atoms with E-state index in [9.17, 15) is 10.2 Å². The Bertz CT molecular complexity index is 410. The van der Waals surface area contributed by atoms with Gasteiger partial charge in [-0.1, -0.05) is 0 Å². The van der Waals surface area contributed by atoms with Crippen LogP contribution in [-0.2, 0) is 37.9 Å². The molecule has 0 amide bonds. The van der Waals surface area contributed by atoms with Crippen molar-refractivity contribution in [3.8, 4) is 0 Å². The lowest BCUT2D eigenvalue weighted by Crippen LogP contribution is -2.61. The van der Waals surface area contributed by atoms with Gasteiger partial charge in [0.15, 0.2) is 12.6 Å². The molecule has 0 saturated carbocycles. The molecular formula is C16H30O10. The van der Waals surface area contributed by atoms with Crippen LogP contribution in [0.25, 0.3) is 0 Å². The van der Waals surface area contributed by atoms with Gasteiger partial charge in [-0.15, -0.1) is 0 Å². The summed E-state index contributed by atoms with van der Waals surface area (Å²) < 4.78 is 44.3. The summed E-state index contributed by atoms with van der Waals surface area (Å²) in [5.74, 6) is 0. The summed E-state index contributed by atoms with van der Waals surface area (Å²) in [6.07, 6.45) is -6.44. The van der Waals surface area contributed by atoms with Gasteiger partial charge in [0.25, 0.3) is 0 Å². The Morgan fingerprint density at radius 2 is 1.35 bits per heavy atom. The van der Waals surface area contributed by atoms with Gasteiger partial charge in [0.2, 0.25) is 0 Å². The highest BCUT2D eigenvalue weighted by Crippen LogP contribution is 2.32. The monoisotopic (exact) mass is 382 g/mol. The Hall–Kier alpha value is -0.400. The van der Waals surface area contributed by atoms with Crippen LogP contribution in [0, 0.1) is 0 Å². The molecule has 2 fully saturated rings. The average molecular weight is 382 g/mol. The second-order valence-electron chi connectivity index (χ2n) is 6.15. The van der Waals surface area contributed by atoms with E-state index in [2.05, 4.69) is 0 Å². The summed E-state index contributed by atoms with van der Waals surface area (Å²) >= 11 is 0. The maximum absolute atomic E-state index is 10.1. The van der Waals surface area contributed by atoms with E-state index in [0.29, 0.717) is 6.61 Å². The number of ether oxygens (including phenoxy) is 8. The zero-order valence-corrected chi connectivity index (χ0v) is 15.8. The summed E-state index contributed by atoms with van der Waals surface area (Å²) in [7, 11) is 7.55. The van der Waals surface area contributed by atoms with Crippen molar-refractivity contribution in [2.24, 2.45) is 0 Å². The molecule has 0 aromatic rings. The van der Waals surface area contributed by atoms with Crippen molar-refractivity contribution in [1.82, 2.24) is 0 Å². The standard InChI is InChI=1S/C16H30O10/c1-19-7-9-10(20-2)14(23-5)16(25-9)26-11-8(6-17)24-15(18)13(22-4)12(11)21-3/h8-18H,6-7H2,1-5H3/t8-,9-,10-,11-,12+,13-,14+,15+,16-/m1/s1. The molecule has 0 unspecified atom stereocenters. The summed E-state index contributed by atoms with van der Waals surface area (Å²) in [6.45, 7) is -0.0759. The zero-order valence-electron chi connectivity index (χ0n) is 15.8. The van der Waals surface area contributed by atoms with Gasteiger partial charge in [-0.3, -0.25) is 0 Å². The lowest BCUT2D eigenvalue weighted by Gasteiger charge is -2.44. The van der Waals surface area contributed by atoms with Gasteiger partial charge in [-0.2, -0.15) is 0 Å². The fourth-order valence-corrected chi connectivity index (χ4v) is 3.51. The molecule has 2 rings (SSSR count). The topological polar surface area (TPSA) is 114 Å². The minimum Gasteiger partial charge on any atom is -0.394 e. The molecule has 0 bridgehead atoms. The first kappa shape index (κ1) is 21.9. The van der Waals surface area contributed by atoms with Crippen molar-refractivity contribution in [3.05, 3.63) is 0 Å². The van der Waals surface area contributed by atoms with E-state index < -0.39 is 49.2 Å². The minimum absolute atomic E-state index is 0.302. The Morgan fingerprint density at radius 1 is 0.731 bits per heavy atom. The van der Waals surface area contributed by atoms with Crippen molar-refractivity contribution in [3.63, 3.8) is 0 Å².